The Morgan fingerprint density at radius 2 is 1.96 bits per heavy atom. The molecule has 0 bridgehead atoms. The quantitative estimate of drug-likeness (QED) is 0.638. The lowest BCUT2D eigenvalue weighted by Crippen LogP contribution is -2.24. The van der Waals surface area contributed by atoms with Crippen molar-refractivity contribution in [1.29, 1.82) is 0 Å². The molecule has 0 unspecified atom stereocenters. The number of hydrazone groups is 1. The average molecular weight is 353 g/mol. The minimum atomic E-state index is -0.411. The highest BCUT2D eigenvalue weighted by atomic mass is 35.5. The van der Waals surface area contributed by atoms with Gasteiger partial charge in [-0.05, 0) is 42.0 Å². The normalized spacial score (nSPS) is 10.6. The Labute approximate surface area is 143 Å². The highest BCUT2D eigenvalue weighted by Gasteiger charge is 2.07. The van der Waals surface area contributed by atoms with Crippen LogP contribution in [-0.2, 0) is 4.79 Å². The number of carbonyl (C=O) groups is 1. The van der Waals surface area contributed by atoms with Crippen molar-refractivity contribution in [3.63, 3.8) is 0 Å². The van der Waals surface area contributed by atoms with Crippen LogP contribution in [0.2, 0.25) is 10.0 Å². The number of methoxy groups -OCH3 is 1. The van der Waals surface area contributed by atoms with E-state index in [1.165, 1.54) is 6.21 Å². The summed E-state index contributed by atoms with van der Waals surface area (Å²) in [7, 11) is 1.59. The maximum absolute atomic E-state index is 11.7. The van der Waals surface area contributed by atoms with Crippen molar-refractivity contribution in [3.05, 3.63) is 58.1 Å². The summed E-state index contributed by atoms with van der Waals surface area (Å²) < 4.78 is 10.3. The number of benzene rings is 2. The first-order chi connectivity index (χ1) is 11.1. The predicted octanol–water partition coefficient (Wildman–Crippen LogP) is 3.53. The molecule has 0 aliphatic rings. The Hall–Kier alpha value is -2.24. The van der Waals surface area contributed by atoms with Gasteiger partial charge in [-0.25, -0.2) is 5.43 Å². The second-order valence-corrected chi connectivity index (χ2v) is 5.19. The Morgan fingerprint density at radius 3 is 2.65 bits per heavy atom. The summed E-state index contributed by atoms with van der Waals surface area (Å²) in [5, 5.41) is 4.48. The zero-order valence-corrected chi connectivity index (χ0v) is 13.8. The van der Waals surface area contributed by atoms with Gasteiger partial charge in [0.05, 0.1) is 18.3 Å². The summed E-state index contributed by atoms with van der Waals surface area (Å²) in [6.45, 7) is -0.222. The van der Waals surface area contributed by atoms with Gasteiger partial charge in [-0.1, -0.05) is 29.3 Å². The predicted molar refractivity (Wildman–Crippen MR) is 90.7 cm³/mol. The van der Waals surface area contributed by atoms with Gasteiger partial charge in [0, 0.05) is 0 Å². The molecule has 0 aromatic heterocycles. The van der Waals surface area contributed by atoms with Gasteiger partial charge in [-0.3, -0.25) is 4.79 Å². The minimum absolute atomic E-state index is 0.222. The maximum atomic E-state index is 11.7. The highest BCUT2D eigenvalue weighted by molar-refractivity contribution is 6.42. The molecule has 0 saturated carbocycles. The summed E-state index contributed by atoms with van der Waals surface area (Å²) in [6.07, 6.45) is 1.52. The van der Waals surface area contributed by atoms with Gasteiger partial charge in [0.15, 0.2) is 6.61 Å². The SMILES string of the molecule is COc1ccc(C=NNC(=O)COc2cccc(Cl)c2Cl)cc1. The zero-order chi connectivity index (χ0) is 16.7. The number of rotatable bonds is 6. The zero-order valence-electron chi connectivity index (χ0n) is 12.3. The Bertz CT molecular complexity index is 703. The van der Waals surface area contributed by atoms with Gasteiger partial charge in [0.25, 0.3) is 5.91 Å². The fourth-order valence-electron chi connectivity index (χ4n) is 1.64. The third-order valence-corrected chi connectivity index (χ3v) is 3.60. The summed E-state index contributed by atoms with van der Waals surface area (Å²) in [5.74, 6) is 0.678. The van der Waals surface area contributed by atoms with E-state index in [1.807, 2.05) is 12.1 Å². The Kier molecular flexibility index (Phi) is 6.26. The lowest BCUT2D eigenvalue weighted by Gasteiger charge is -2.07. The standard InChI is InChI=1S/C16H14Cl2N2O3/c1-22-12-7-5-11(6-8-12)9-19-20-15(21)10-23-14-4-2-3-13(17)16(14)18/h2-9H,10H2,1H3,(H,20,21). The van der Waals surface area contributed by atoms with E-state index in [9.17, 15) is 4.79 Å². The summed E-state index contributed by atoms with van der Waals surface area (Å²) >= 11 is 11.8. The van der Waals surface area contributed by atoms with Gasteiger partial charge in [-0.15, -0.1) is 0 Å². The van der Waals surface area contributed by atoms with Crippen molar-refractivity contribution in [2.75, 3.05) is 13.7 Å². The summed E-state index contributed by atoms with van der Waals surface area (Å²) in [4.78, 5) is 11.7. The van der Waals surface area contributed by atoms with E-state index < -0.39 is 5.91 Å². The van der Waals surface area contributed by atoms with Gasteiger partial charge in [0.2, 0.25) is 0 Å². The molecule has 23 heavy (non-hydrogen) atoms. The Balaban J connectivity index is 1.82. The lowest BCUT2D eigenvalue weighted by molar-refractivity contribution is -0.123. The molecular weight excluding hydrogens is 339 g/mol. The first-order valence-corrected chi connectivity index (χ1v) is 7.38. The number of hydrogen-bond acceptors (Lipinski definition) is 4. The van der Waals surface area contributed by atoms with E-state index in [-0.39, 0.29) is 11.6 Å². The van der Waals surface area contributed by atoms with Crippen LogP contribution in [0.3, 0.4) is 0 Å². The van der Waals surface area contributed by atoms with Crippen molar-refractivity contribution < 1.29 is 14.3 Å². The molecule has 2 aromatic rings. The largest absolute Gasteiger partial charge is 0.497 e. The monoisotopic (exact) mass is 352 g/mol. The van der Waals surface area contributed by atoms with Gasteiger partial charge < -0.3 is 9.47 Å². The van der Waals surface area contributed by atoms with E-state index in [2.05, 4.69) is 10.5 Å². The van der Waals surface area contributed by atoms with Crippen LogP contribution in [0, 0.1) is 0 Å². The maximum Gasteiger partial charge on any atom is 0.277 e. The number of halogens is 2. The molecule has 2 aromatic carbocycles. The van der Waals surface area contributed by atoms with Gasteiger partial charge in [-0.2, -0.15) is 5.10 Å². The fraction of sp³-hybridized carbons (Fsp3) is 0.125. The number of nitrogens with zero attached hydrogens (tertiary/aromatic N) is 1. The van der Waals surface area contributed by atoms with Crippen LogP contribution in [0.15, 0.2) is 47.6 Å². The number of amides is 1. The van der Waals surface area contributed by atoms with Crippen molar-refractivity contribution in [2.24, 2.45) is 5.10 Å². The molecule has 0 fully saturated rings. The van der Waals surface area contributed by atoms with Crippen LogP contribution < -0.4 is 14.9 Å². The Morgan fingerprint density at radius 1 is 1.22 bits per heavy atom. The van der Waals surface area contributed by atoms with Crippen molar-refractivity contribution in [3.8, 4) is 11.5 Å². The lowest BCUT2D eigenvalue weighted by atomic mass is 10.2. The van der Waals surface area contributed by atoms with E-state index >= 15 is 0 Å². The van der Waals surface area contributed by atoms with E-state index in [4.69, 9.17) is 32.7 Å². The molecule has 0 radical (unpaired) electrons. The third-order valence-electron chi connectivity index (χ3n) is 2.79. The van der Waals surface area contributed by atoms with Gasteiger partial charge in [0.1, 0.15) is 16.5 Å². The molecule has 2 rings (SSSR count). The molecule has 0 heterocycles. The molecule has 0 atom stereocenters. The van der Waals surface area contributed by atoms with Crippen LogP contribution in [0.25, 0.3) is 0 Å². The molecule has 1 N–H and O–H groups in total. The molecule has 0 saturated heterocycles. The van der Waals surface area contributed by atoms with Crippen LogP contribution in [0.1, 0.15) is 5.56 Å². The first-order valence-electron chi connectivity index (χ1n) is 6.63. The van der Waals surface area contributed by atoms with Crippen molar-refractivity contribution in [2.45, 2.75) is 0 Å². The van der Waals surface area contributed by atoms with E-state index in [1.54, 1.807) is 37.4 Å². The molecule has 0 aliphatic heterocycles. The smallest absolute Gasteiger partial charge is 0.277 e. The average Bonchev–Trinajstić information content (AvgIpc) is 2.57. The van der Waals surface area contributed by atoms with Crippen LogP contribution in [-0.4, -0.2) is 25.8 Å². The number of nitrogens with one attached hydrogen (secondary N) is 1. The van der Waals surface area contributed by atoms with Crippen LogP contribution in [0.5, 0.6) is 11.5 Å². The molecule has 7 heteroatoms. The van der Waals surface area contributed by atoms with Crippen LogP contribution >= 0.6 is 23.2 Å². The summed E-state index contributed by atoms with van der Waals surface area (Å²) in [6, 6.07) is 12.2. The summed E-state index contributed by atoms with van der Waals surface area (Å²) in [5.41, 5.74) is 3.19. The van der Waals surface area contributed by atoms with Crippen LogP contribution in [0.4, 0.5) is 0 Å². The number of hydrogen-bond donors (Lipinski definition) is 1. The number of carbonyl (C=O) groups excluding carboxylic acids is 1. The fourth-order valence-corrected chi connectivity index (χ4v) is 1.99. The second-order valence-electron chi connectivity index (χ2n) is 4.41. The van der Waals surface area contributed by atoms with Crippen molar-refractivity contribution >= 4 is 35.3 Å². The topological polar surface area (TPSA) is 59.9 Å². The third kappa shape index (κ3) is 5.16. The second kappa shape index (κ2) is 8.41. The first kappa shape index (κ1) is 17.1. The minimum Gasteiger partial charge on any atom is -0.497 e. The molecule has 0 aliphatic carbocycles. The highest BCUT2D eigenvalue weighted by Crippen LogP contribution is 2.31. The molecule has 120 valence electrons. The molecular formula is C16H14Cl2N2O3. The molecule has 0 spiro atoms. The van der Waals surface area contributed by atoms with Gasteiger partial charge >= 0.3 is 0 Å². The van der Waals surface area contributed by atoms with E-state index in [0.717, 1.165) is 11.3 Å². The molecule has 5 nitrogen and oxygen atoms in total. The van der Waals surface area contributed by atoms with E-state index in [0.29, 0.717) is 10.8 Å². The van der Waals surface area contributed by atoms with Crippen molar-refractivity contribution in [1.82, 2.24) is 5.43 Å². The number of ether oxygens (including phenoxy) is 2. The molecule has 1 amide bonds.